The normalized spacial score (nSPS) is 19.5. The van der Waals surface area contributed by atoms with E-state index in [1.54, 1.807) is 0 Å². The molecule has 1 fully saturated rings. The van der Waals surface area contributed by atoms with Gasteiger partial charge in [0.15, 0.2) is 0 Å². The van der Waals surface area contributed by atoms with Crippen molar-refractivity contribution in [2.75, 3.05) is 13.1 Å². The van der Waals surface area contributed by atoms with Crippen molar-refractivity contribution in [3.05, 3.63) is 58.4 Å². The summed E-state index contributed by atoms with van der Waals surface area (Å²) in [6.07, 6.45) is 5.23. The molecule has 2 unspecified atom stereocenters. The molecule has 0 radical (unpaired) electrons. The summed E-state index contributed by atoms with van der Waals surface area (Å²) < 4.78 is 1.44. The van der Waals surface area contributed by atoms with Crippen molar-refractivity contribution in [3.8, 4) is 0 Å². The largest absolute Gasteiger partial charge is 0.390 e. The second-order valence-corrected chi connectivity index (χ2v) is 6.31. The molecule has 7 heteroatoms. The minimum atomic E-state index is -0.596. The molecule has 1 aromatic heterocycles. The van der Waals surface area contributed by atoms with E-state index < -0.39 is 11.0 Å². The van der Waals surface area contributed by atoms with E-state index in [1.807, 2.05) is 18.2 Å². The number of hydrogen-bond acceptors (Lipinski definition) is 5. The third kappa shape index (κ3) is 4.18. The molecule has 2 atom stereocenters. The molecule has 1 saturated heterocycles. The lowest BCUT2D eigenvalue weighted by Crippen LogP contribution is -2.39. The van der Waals surface area contributed by atoms with Crippen LogP contribution in [0.15, 0.2) is 42.7 Å². The first-order chi connectivity index (χ1) is 11.6. The Labute approximate surface area is 140 Å². The van der Waals surface area contributed by atoms with Crippen molar-refractivity contribution in [3.63, 3.8) is 0 Å². The van der Waals surface area contributed by atoms with Crippen LogP contribution >= 0.6 is 0 Å². The summed E-state index contributed by atoms with van der Waals surface area (Å²) in [4.78, 5) is 12.5. The SMILES string of the molecule is O=[N+]([O-])c1cnn(CC(O)CN2CCCC2Cc2ccccc2)c1. The van der Waals surface area contributed by atoms with Crippen molar-refractivity contribution >= 4 is 5.69 Å². The van der Waals surface area contributed by atoms with E-state index in [4.69, 9.17) is 0 Å². The highest BCUT2D eigenvalue weighted by molar-refractivity contribution is 5.20. The van der Waals surface area contributed by atoms with E-state index in [2.05, 4.69) is 22.1 Å². The Morgan fingerprint density at radius 1 is 1.33 bits per heavy atom. The fourth-order valence-electron chi connectivity index (χ4n) is 3.34. The lowest BCUT2D eigenvalue weighted by Gasteiger charge is -2.27. The maximum Gasteiger partial charge on any atom is 0.306 e. The monoisotopic (exact) mass is 330 g/mol. The smallest absolute Gasteiger partial charge is 0.306 e. The molecule has 1 aromatic carbocycles. The van der Waals surface area contributed by atoms with E-state index in [0.29, 0.717) is 12.6 Å². The van der Waals surface area contributed by atoms with E-state index >= 15 is 0 Å². The van der Waals surface area contributed by atoms with Crippen LogP contribution in [0.2, 0.25) is 0 Å². The Hall–Kier alpha value is -2.25. The average Bonchev–Trinajstić information content (AvgIpc) is 3.18. The molecule has 7 nitrogen and oxygen atoms in total. The molecule has 0 aliphatic carbocycles. The summed E-state index contributed by atoms with van der Waals surface area (Å²) in [7, 11) is 0. The molecule has 0 spiro atoms. The number of benzene rings is 1. The van der Waals surface area contributed by atoms with Gasteiger partial charge in [-0.2, -0.15) is 5.10 Å². The topological polar surface area (TPSA) is 84.4 Å². The summed E-state index contributed by atoms with van der Waals surface area (Å²) in [5.74, 6) is 0. The van der Waals surface area contributed by atoms with Crippen LogP contribution < -0.4 is 0 Å². The molecule has 2 aromatic rings. The predicted molar refractivity (Wildman–Crippen MR) is 89.6 cm³/mol. The average molecular weight is 330 g/mol. The number of likely N-dealkylation sites (tertiary alicyclic amines) is 1. The van der Waals surface area contributed by atoms with Gasteiger partial charge in [-0.05, 0) is 31.4 Å². The van der Waals surface area contributed by atoms with E-state index in [-0.39, 0.29) is 12.2 Å². The minimum absolute atomic E-state index is 0.0506. The zero-order chi connectivity index (χ0) is 16.9. The highest BCUT2D eigenvalue weighted by atomic mass is 16.6. The van der Waals surface area contributed by atoms with Crippen molar-refractivity contribution in [2.24, 2.45) is 0 Å². The zero-order valence-corrected chi connectivity index (χ0v) is 13.5. The number of rotatable bonds is 7. The first-order valence-corrected chi connectivity index (χ1v) is 8.24. The van der Waals surface area contributed by atoms with Gasteiger partial charge in [0.1, 0.15) is 12.4 Å². The van der Waals surface area contributed by atoms with Crippen LogP contribution in [0.5, 0.6) is 0 Å². The molecule has 1 aliphatic rings. The standard InChI is InChI=1S/C17H22N4O3/c22-17(13-20-11-16(10-18-20)21(23)24)12-19-8-4-7-15(19)9-14-5-2-1-3-6-14/h1-3,5-6,10-11,15,17,22H,4,7-9,12-13H2. The molecular formula is C17H22N4O3. The summed E-state index contributed by atoms with van der Waals surface area (Å²) in [6.45, 7) is 1.81. The lowest BCUT2D eigenvalue weighted by atomic mass is 10.0. The van der Waals surface area contributed by atoms with Gasteiger partial charge in [-0.15, -0.1) is 0 Å². The second kappa shape index (κ2) is 7.55. The molecule has 128 valence electrons. The molecule has 2 heterocycles. The molecule has 0 saturated carbocycles. The predicted octanol–water partition coefficient (Wildman–Crippen LogP) is 1.86. The third-order valence-corrected chi connectivity index (χ3v) is 4.49. The minimum Gasteiger partial charge on any atom is -0.390 e. The van der Waals surface area contributed by atoms with E-state index in [0.717, 1.165) is 25.8 Å². The summed E-state index contributed by atoms with van der Waals surface area (Å²) in [5.41, 5.74) is 1.26. The van der Waals surface area contributed by atoms with Gasteiger partial charge in [0.25, 0.3) is 0 Å². The van der Waals surface area contributed by atoms with Crippen LogP contribution in [0.4, 0.5) is 5.69 Å². The summed E-state index contributed by atoms with van der Waals surface area (Å²) in [5, 5.41) is 24.9. The van der Waals surface area contributed by atoms with E-state index in [1.165, 1.54) is 22.6 Å². The van der Waals surface area contributed by atoms with Crippen LogP contribution in [0.3, 0.4) is 0 Å². The summed E-state index contributed by atoms with van der Waals surface area (Å²) in [6, 6.07) is 10.8. The number of nitrogens with zero attached hydrogens (tertiary/aromatic N) is 4. The molecule has 0 amide bonds. The fourth-order valence-corrected chi connectivity index (χ4v) is 3.34. The molecular weight excluding hydrogens is 308 g/mol. The van der Waals surface area contributed by atoms with Crippen molar-refractivity contribution in [2.45, 2.75) is 38.0 Å². The van der Waals surface area contributed by atoms with Gasteiger partial charge in [0.2, 0.25) is 0 Å². The van der Waals surface area contributed by atoms with Crippen LogP contribution in [-0.4, -0.2) is 49.9 Å². The third-order valence-electron chi connectivity index (χ3n) is 4.49. The number of aliphatic hydroxyl groups is 1. The highest BCUT2D eigenvalue weighted by Gasteiger charge is 2.26. The van der Waals surface area contributed by atoms with Crippen molar-refractivity contribution in [1.29, 1.82) is 0 Å². The summed E-state index contributed by atoms with van der Waals surface area (Å²) >= 11 is 0. The Balaban J connectivity index is 1.54. The van der Waals surface area contributed by atoms with Crippen molar-refractivity contribution in [1.82, 2.24) is 14.7 Å². The van der Waals surface area contributed by atoms with Crippen LogP contribution in [0.1, 0.15) is 18.4 Å². The van der Waals surface area contributed by atoms with Crippen LogP contribution in [0.25, 0.3) is 0 Å². The van der Waals surface area contributed by atoms with Gasteiger partial charge >= 0.3 is 5.69 Å². The van der Waals surface area contributed by atoms with Gasteiger partial charge in [-0.25, -0.2) is 0 Å². The maximum atomic E-state index is 10.7. The van der Waals surface area contributed by atoms with Gasteiger partial charge < -0.3 is 5.11 Å². The van der Waals surface area contributed by atoms with Gasteiger partial charge in [0, 0.05) is 12.6 Å². The lowest BCUT2D eigenvalue weighted by molar-refractivity contribution is -0.385. The molecule has 0 bridgehead atoms. The molecule has 3 rings (SSSR count). The number of hydrogen-bond donors (Lipinski definition) is 1. The number of β-amino-alcohol motifs (C(OH)–C–C–N with tert-alkyl or cyclic N) is 1. The second-order valence-electron chi connectivity index (χ2n) is 6.31. The van der Waals surface area contributed by atoms with Gasteiger partial charge in [0.05, 0.1) is 17.6 Å². The highest BCUT2D eigenvalue weighted by Crippen LogP contribution is 2.21. The van der Waals surface area contributed by atoms with Gasteiger partial charge in [-0.1, -0.05) is 30.3 Å². The fraction of sp³-hybridized carbons (Fsp3) is 0.471. The number of aromatic nitrogens is 2. The molecule has 1 N–H and O–H groups in total. The number of aliphatic hydroxyl groups excluding tert-OH is 1. The van der Waals surface area contributed by atoms with Gasteiger partial charge in [-0.3, -0.25) is 19.7 Å². The first-order valence-electron chi connectivity index (χ1n) is 8.24. The Bertz CT molecular complexity index is 673. The van der Waals surface area contributed by atoms with Crippen LogP contribution in [-0.2, 0) is 13.0 Å². The Kier molecular flexibility index (Phi) is 5.22. The molecule has 1 aliphatic heterocycles. The zero-order valence-electron chi connectivity index (χ0n) is 13.5. The Morgan fingerprint density at radius 2 is 2.12 bits per heavy atom. The molecule has 24 heavy (non-hydrogen) atoms. The Morgan fingerprint density at radius 3 is 2.83 bits per heavy atom. The first kappa shape index (κ1) is 16.6. The maximum absolute atomic E-state index is 10.7. The van der Waals surface area contributed by atoms with Crippen LogP contribution in [0, 0.1) is 10.1 Å². The number of nitro groups is 1. The van der Waals surface area contributed by atoms with Crippen molar-refractivity contribution < 1.29 is 10.0 Å². The van der Waals surface area contributed by atoms with E-state index in [9.17, 15) is 15.2 Å². The quantitative estimate of drug-likeness (QED) is 0.619.